The largest absolute Gasteiger partial charge is 0.332 e. The Kier molecular flexibility index (Phi) is 8.67. The van der Waals surface area contributed by atoms with Crippen LogP contribution in [0.3, 0.4) is 0 Å². The molecule has 0 aliphatic heterocycles. The molecule has 4 aromatic carbocycles. The summed E-state index contributed by atoms with van der Waals surface area (Å²) in [6.07, 6.45) is 0. The third-order valence-electron chi connectivity index (χ3n) is 6.61. The van der Waals surface area contributed by atoms with Crippen LogP contribution < -0.4 is 0 Å². The Labute approximate surface area is 258 Å². The first-order valence-corrected chi connectivity index (χ1v) is 15.3. The third kappa shape index (κ3) is 6.79. The van der Waals surface area contributed by atoms with Crippen molar-refractivity contribution in [2.75, 3.05) is 11.5 Å². The Morgan fingerprint density at radius 2 is 0.795 bits per heavy atom. The molecule has 0 saturated carbocycles. The van der Waals surface area contributed by atoms with Crippen molar-refractivity contribution in [1.82, 2.24) is 19.9 Å². The number of rotatable bonds is 10. The Morgan fingerprint density at radius 3 is 1.11 bits per heavy atom. The molecule has 2 N–H and O–H groups in total. The first-order valence-electron chi connectivity index (χ1n) is 13.3. The molecule has 0 spiro atoms. The van der Waals surface area contributed by atoms with Gasteiger partial charge >= 0.3 is 0 Å². The van der Waals surface area contributed by atoms with E-state index >= 15 is 0 Å². The van der Waals surface area contributed by atoms with E-state index in [0.717, 1.165) is 0 Å². The molecule has 5 nitrogen and oxygen atoms in total. The number of benzene rings is 4. The van der Waals surface area contributed by atoms with Gasteiger partial charge in [-0.1, -0.05) is 23.5 Å². The molecule has 11 heteroatoms. The van der Waals surface area contributed by atoms with Gasteiger partial charge in [-0.3, -0.25) is 4.79 Å². The molecule has 6 rings (SSSR count). The van der Waals surface area contributed by atoms with E-state index in [0.29, 0.717) is 55.3 Å². The Hall–Kier alpha value is -4.61. The number of Topliss-reactive ketones (excluding diaryl/α,β-unsaturated/α-hetero) is 1. The Morgan fingerprint density at radius 1 is 0.500 bits per heavy atom. The number of aromatic nitrogens is 4. The summed E-state index contributed by atoms with van der Waals surface area (Å²) in [4.78, 5) is 28.7. The van der Waals surface area contributed by atoms with E-state index in [4.69, 9.17) is 0 Å². The summed E-state index contributed by atoms with van der Waals surface area (Å²) < 4.78 is 54.2. The van der Waals surface area contributed by atoms with Crippen LogP contribution in [-0.4, -0.2) is 37.2 Å². The minimum atomic E-state index is -0.378. The number of ketones is 1. The third-order valence-corrected chi connectivity index (χ3v) is 8.47. The van der Waals surface area contributed by atoms with Crippen molar-refractivity contribution < 1.29 is 22.4 Å². The highest BCUT2D eigenvalue weighted by Gasteiger charge is 2.18. The van der Waals surface area contributed by atoms with E-state index in [9.17, 15) is 22.4 Å². The normalized spacial score (nSPS) is 11.2. The van der Waals surface area contributed by atoms with Crippen LogP contribution in [0.4, 0.5) is 17.6 Å². The number of nitrogens with one attached hydrogen (secondary N) is 2. The number of carbonyl (C=O) groups excluding carboxylic acids is 1. The molecule has 0 aliphatic rings. The predicted molar refractivity (Wildman–Crippen MR) is 165 cm³/mol. The molecule has 0 bridgehead atoms. The molecule has 44 heavy (non-hydrogen) atoms. The molecular weight excluding hydrogens is 609 g/mol. The number of nitrogens with zero attached hydrogens (tertiary/aromatic N) is 2. The smallest absolute Gasteiger partial charge is 0.166 e. The molecule has 0 amide bonds. The lowest BCUT2D eigenvalue weighted by Gasteiger charge is -2.03. The van der Waals surface area contributed by atoms with Gasteiger partial charge in [-0.05, 0) is 97.1 Å². The second-order valence-corrected chi connectivity index (χ2v) is 11.6. The number of hydrogen-bond acceptors (Lipinski definition) is 5. The van der Waals surface area contributed by atoms with Gasteiger partial charge in [0, 0.05) is 22.3 Å². The lowest BCUT2D eigenvalue weighted by Crippen LogP contribution is -2.05. The maximum Gasteiger partial charge on any atom is 0.166 e. The molecule has 0 radical (unpaired) electrons. The Bertz CT molecular complexity index is 1640. The van der Waals surface area contributed by atoms with Crippen molar-refractivity contribution in [3.63, 3.8) is 0 Å². The average Bonchev–Trinajstić information content (AvgIpc) is 3.66. The van der Waals surface area contributed by atoms with E-state index in [1.807, 2.05) is 0 Å². The van der Waals surface area contributed by atoms with Gasteiger partial charge in [0.1, 0.15) is 23.3 Å². The van der Waals surface area contributed by atoms with Crippen molar-refractivity contribution >= 4 is 29.3 Å². The van der Waals surface area contributed by atoms with Crippen molar-refractivity contribution in [3.8, 4) is 45.0 Å². The SMILES string of the molecule is O=C(CSc1nc(-c2ccc(F)cc2)c(-c2ccc(F)cc2)[nH]1)CSc1nc(-c2ccc(F)cc2)c(-c2ccc(F)cc2)[nH]1. The molecule has 0 fully saturated rings. The molecule has 0 unspecified atom stereocenters. The monoisotopic (exact) mass is 630 g/mol. The Balaban J connectivity index is 1.17. The van der Waals surface area contributed by atoms with Gasteiger partial charge in [0.05, 0.1) is 34.3 Å². The van der Waals surface area contributed by atoms with Crippen LogP contribution in [-0.2, 0) is 4.79 Å². The predicted octanol–water partition coefficient (Wildman–Crippen LogP) is 8.81. The quantitative estimate of drug-likeness (QED) is 0.117. The zero-order chi connectivity index (χ0) is 30.6. The summed E-state index contributed by atoms with van der Waals surface area (Å²) in [5.74, 6) is -1.36. The number of carbonyl (C=O) groups is 1. The van der Waals surface area contributed by atoms with E-state index in [2.05, 4.69) is 19.9 Å². The lowest BCUT2D eigenvalue weighted by molar-refractivity contribution is -0.114. The fraction of sp³-hybridized carbons (Fsp3) is 0.0606. The van der Waals surface area contributed by atoms with Crippen molar-refractivity contribution in [3.05, 3.63) is 120 Å². The number of H-pyrrole nitrogens is 2. The van der Waals surface area contributed by atoms with Crippen LogP contribution in [0.15, 0.2) is 107 Å². The van der Waals surface area contributed by atoms with Gasteiger partial charge in [0.2, 0.25) is 0 Å². The lowest BCUT2D eigenvalue weighted by atomic mass is 10.1. The minimum Gasteiger partial charge on any atom is -0.332 e. The fourth-order valence-electron chi connectivity index (χ4n) is 4.46. The summed E-state index contributed by atoms with van der Waals surface area (Å²) in [5.41, 5.74) is 5.08. The fourth-order valence-corrected chi connectivity index (χ4v) is 6.05. The average molecular weight is 631 g/mol. The number of thioether (sulfide) groups is 2. The van der Waals surface area contributed by atoms with Crippen molar-refractivity contribution in [2.24, 2.45) is 0 Å². The first-order chi connectivity index (χ1) is 21.3. The number of aromatic amines is 2. The highest BCUT2D eigenvalue weighted by molar-refractivity contribution is 8.01. The molecule has 0 saturated heterocycles. The zero-order valence-corrected chi connectivity index (χ0v) is 24.4. The summed E-state index contributed by atoms with van der Waals surface area (Å²) in [6, 6.07) is 23.6. The van der Waals surface area contributed by atoms with Gasteiger partial charge in [-0.15, -0.1) is 0 Å². The molecular formula is C33H22F4N4OS2. The zero-order valence-electron chi connectivity index (χ0n) is 22.8. The summed E-state index contributed by atoms with van der Waals surface area (Å²) in [6.45, 7) is 0. The van der Waals surface area contributed by atoms with Gasteiger partial charge in [0.25, 0.3) is 0 Å². The van der Waals surface area contributed by atoms with E-state index < -0.39 is 0 Å². The summed E-state index contributed by atoms with van der Waals surface area (Å²) >= 11 is 2.44. The maximum absolute atomic E-state index is 13.6. The van der Waals surface area contributed by atoms with Crippen molar-refractivity contribution in [2.45, 2.75) is 10.3 Å². The minimum absolute atomic E-state index is 0.0777. The standard InChI is InChI=1S/C33H22F4N4OS2/c34-23-9-1-19(2-10-23)28-29(20-3-11-24(35)12-4-20)39-32(38-28)43-17-27(42)18-44-33-40-30(21-5-13-25(36)14-6-21)31(41-33)22-7-15-26(37)16-8-22/h1-16H,17-18H2,(H,38,39)(H,40,41). The highest BCUT2D eigenvalue weighted by atomic mass is 32.2. The highest BCUT2D eigenvalue weighted by Crippen LogP contribution is 2.35. The van der Waals surface area contributed by atoms with Gasteiger partial charge in [0.15, 0.2) is 16.1 Å². The number of hydrogen-bond donors (Lipinski definition) is 2. The number of imidazole rings is 2. The van der Waals surface area contributed by atoms with Crippen LogP contribution in [0.25, 0.3) is 45.0 Å². The van der Waals surface area contributed by atoms with E-state index in [1.165, 1.54) is 72.1 Å². The topological polar surface area (TPSA) is 74.4 Å². The van der Waals surface area contributed by atoms with E-state index in [-0.39, 0.29) is 40.6 Å². The van der Waals surface area contributed by atoms with E-state index in [1.54, 1.807) is 48.5 Å². The molecule has 2 aromatic heterocycles. The van der Waals surface area contributed by atoms with Gasteiger partial charge < -0.3 is 9.97 Å². The number of halogens is 4. The van der Waals surface area contributed by atoms with Crippen LogP contribution in [0.2, 0.25) is 0 Å². The van der Waals surface area contributed by atoms with Gasteiger partial charge in [-0.25, -0.2) is 27.5 Å². The van der Waals surface area contributed by atoms with Crippen molar-refractivity contribution in [1.29, 1.82) is 0 Å². The molecule has 0 aliphatic carbocycles. The molecule has 6 aromatic rings. The van der Waals surface area contributed by atoms with Crippen LogP contribution in [0, 0.1) is 23.3 Å². The molecule has 220 valence electrons. The van der Waals surface area contributed by atoms with Crippen LogP contribution in [0.1, 0.15) is 0 Å². The van der Waals surface area contributed by atoms with Gasteiger partial charge in [-0.2, -0.15) is 0 Å². The summed E-state index contributed by atoms with van der Waals surface area (Å²) in [5, 5.41) is 0.967. The van der Waals surface area contributed by atoms with Crippen LogP contribution >= 0.6 is 23.5 Å². The molecule has 2 heterocycles. The summed E-state index contributed by atoms with van der Waals surface area (Å²) in [7, 11) is 0. The first kappa shape index (κ1) is 29.5. The molecule has 0 atom stereocenters. The maximum atomic E-state index is 13.6. The second kappa shape index (κ2) is 12.9. The second-order valence-electron chi connectivity index (χ2n) is 9.67. The van der Waals surface area contributed by atoms with Crippen LogP contribution in [0.5, 0.6) is 0 Å².